The van der Waals surface area contributed by atoms with Crippen LogP contribution in [0.3, 0.4) is 0 Å². The molecule has 0 spiro atoms. The van der Waals surface area contributed by atoms with E-state index in [2.05, 4.69) is 5.32 Å². The van der Waals surface area contributed by atoms with Crippen LogP contribution < -0.4 is 10.1 Å². The highest BCUT2D eigenvalue weighted by Gasteiger charge is 2.34. The maximum atomic E-state index is 15.3. The summed E-state index contributed by atoms with van der Waals surface area (Å²) in [5, 5.41) is 11.6. The summed E-state index contributed by atoms with van der Waals surface area (Å²) < 4.78 is 50.1. The Morgan fingerprint density at radius 2 is 1.54 bits per heavy atom. The standard InChI is InChI=1S/C30H32F3NO3/c31-26-15-9-23(10-16-26)28(6-3-19-34-20-29(35)36)37-27-17-13-25(14-18-27)30(32,33)24-11-7-22(8-12-24)21-4-1-2-5-21/h7-18,21,28,34H,1-6,19-20H2,(H,35,36). The van der Waals surface area contributed by atoms with Crippen molar-refractivity contribution in [2.24, 2.45) is 0 Å². The summed E-state index contributed by atoms with van der Waals surface area (Å²) in [7, 11) is 0. The lowest BCUT2D eigenvalue weighted by molar-refractivity contribution is -0.135. The number of nitrogens with one attached hydrogen (secondary N) is 1. The van der Waals surface area contributed by atoms with Gasteiger partial charge in [0.05, 0.1) is 6.54 Å². The summed E-state index contributed by atoms with van der Waals surface area (Å²) in [5.41, 5.74) is 1.72. The number of ether oxygens (including phenoxy) is 1. The van der Waals surface area contributed by atoms with Crippen molar-refractivity contribution in [1.29, 1.82) is 0 Å². The molecule has 1 fully saturated rings. The summed E-state index contributed by atoms with van der Waals surface area (Å²) in [6.45, 7) is 0.332. The van der Waals surface area contributed by atoms with E-state index in [0.717, 1.165) is 24.0 Å². The van der Waals surface area contributed by atoms with E-state index in [9.17, 15) is 9.18 Å². The molecule has 1 atom stereocenters. The Kier molecular flexibility index (Phi) is 8.87. The van der Waals surface area contributed by atoms with Crippen LogP contribution in [0.25, 0.3) is 0 Å². The molecule has 0 heterocycles. The second-order valence-corrected chi connectivity index (χ2v) is 9.57. The van der Waals surface area contributed by atoms with Crippen molar-refractivity contribution in [2.45, 2.75) is 56.5 Å². The van der Waals surface area contributed by atoms with Crippen LogP contribution in [0.15, 0.2) is 72.8 Å². The van der Waals surface area contributed by atoms with Crippen molar-refractivity contribution in [2.75, 3.05) is 13.1 Å². The number of halogens is 3. The van der Waals surface area contributed by atoms with Gasteiger partial charge in [0, 0.05) is 11.1 Å². The molecule has 4 rings (SSSR count). The van der Waals surface area contributed by atoms with Crippen LogP contribution in [0.5, 0.6) is 5.75 Å². The highest BCUT2D eigenvalue weighted by atomic mass is 19.3. The van der Waals surface area contributed by atoms with Gasteiger partial charge in [0.1, 0.15) is 17.7 Å². The number of rotatable bonds is 12. The van der Waals surface area contributed by atoms with Gasteiger partial charge < -0.3 is 15.2 Å². The van der Waals surface area contributed by atoms with Gasteiger partial charge in [-0.05, 0) is 85.7 Å². The lowest BCUT2D eigenvalue weighted by Gasteiger charge is -2.22. The van der Waals surface area contributed by atoms with Crippen LogP contribution in [0, 0.1) is 5.82 Å². The van der Waals surface area contributed by atoms with E-state index >= 15 is 8.78 Å². The molecule has 0 aliphatic heterocycles. The minimum absolute atomic E-state index is 0.0408. The monoisotopic (exact) mass is 511 g/mol. The molecule has 3 aromatic rings. The molecule has 0 radical (unpaired) electrons. The fraction of sp³-hybridized carbons (Fsp3) is 0.367. The average Bonchev–Trinajstić information content (AvgIpc) is 3.44. The van der Waals surface area contributed by atoms with Gasteiger partial charge in [-0.25, -0.2) is 4.39 Å². The number of hydrogen-bond acceptors (Lipinski definition) is 3. The minimum atomic E-state index is -3.14. The Hall–Kier alpha value is -3.32. The predicted octanol–water partition coefficient (Wildman–Crippen LogP) is 7.20. The minimum Gasteiger partial charge on any atom is -0.486 e. The van der Waals surface area contributed by atoms with Crippen molar-refractivity contribution in [3.8, 4) is 5.75 Å². The van der Waals surface area contributed by atoms with Crippen molar-refractivity contribution < 1.29 is 27.8 Å². The predicted molar refractivity (Wildman–Crippen MR) is 137 cm³/mol. The Balaban J connectivity index is 1.43. The Morgan fingerprint density at radius 3 is 2.14 bits per heavy atom. The van der Waals surface area contributed by atoms with Gasteiger partial charge in [-0.2, -0.15) is 8.78 Å². The zero-order valence-electron chi connectivity index (χ0n) is 20.6. The summed E-state index contributed by atoms with van der Waals surface area (Å²) >= 11 is 0. The van der Waals surface area contributed by atoms with Gasteiger partial charge in [0.25, 0.3) is 5.92 Å². The summed E-state index contributed by atoms with van der Waals surface area (Å²) in [4.78, 5) is 10.7. The number of carbonyl (C=O) groups is 1. The number of aliphatic carboxylic acids is 1. The van der Waals surface area contributed by atoms with Crippen molar-refractivity contribution in [1.82, 2.24) is 5.32 Å². The summed E-state index contributed by atoms with van der Waals surface area (Å²) in [5.74, 6) is -3.55. The van der Waals surface area contributed by atoms with E-state index in [-0.39, 0.29) is 23.5 Å². The summed E-state index contributed by atoms with van der Waals surface area (Å²) in [6.07, 6.45) is 5.33. The van der Waals surface area contributed by atoms with E-state index in [0.29, 0.717) is 31.1 Å². The van der Waals surface area contributed by atoms with Crippen LogP contribution in [0.4, 0.5) is 13.2 Å². The molecule has 0 saturated heterocycles. The second kappa shape index (κ2) is 12.3. The van der Waals surface area contributed by atoms with Gasteiger partial charge in [0.15, 0.2) is 0 Å². The molecule has 0 bridgehead atoms. The van der Waals surface area contributed by atoms with E-state index in [1.54, 1.807) is 12.1 Å². The quantitative estimate of drug-likeness (QED) is 0.253. The molecule has 4 nitrogen and oxygen atoms in total. The zero-order chi connectivity index (χ0) is 26.3. The van der Waals surface area contributed by atoms with Crippen LogP contribution in [-0.4, -0.2) is 24.2 Å². The Bertz CT molecular complexity index is 1140. The molecular weight excluding hydrogens is 479 g/mol. The Morgan fingerprint density at radius 1 is 0.946 bits per heavy atom. The molecule has 37 heavy (non-hydrogen) atoms. The number of alkyl halides is 2. The van der Waals surface area contributed by atoms with Crippen LogP contribution in [0.2, 0.25) is 0 Å². The molecule has 3 aromatic carbocycles. The van der Waals surface area contributed by atoms with E-state index < -0.39 is 18.0 Å². The molecule has 0 aromatic heterocycles. The highest BCUT2D eigenvalue weighted by Crippen LogP contribution is 2.39. The summed E-state index contributed by atoms with van der Waals surface area (Å²) in [6, 6.07) is 18.4. The molecule has 196 valence electrons. The van der Waals surface area contributed by atoms with Crippen LogP contribution >= 0.6 is 0 Å². The number of carboxylic acids is 1. The number of hydrogen-bond donors (Lipinski definition) is 2. The SMILES string of the molecule is O=C(O)CNCCCC(Oc1ccc(C(F)(F)c2ccc(C3CCCC3)cc2)cc1)c1ccc(F)cc1. The largest absolute Gasteiger partial charge is 0.486 e. The van der Waals surface area contributed by atoms with Crippen molar-refractivity contribution in [3.05, 3.63) is 101 Å². The molecule has 7 heteroatoms. The molecule has 1 aliphatic carbocycles. The van der Waals surface area contributed by atoms with Crippen molar-refractivity contribution in [3.63, 3.8) is 0 Å². The first kappa shape index (κ1) is 26.7. The molecule has 2 N–H and O–H groups in total. The van der Waals surface area contributed by atoms with E-state index in [1.165, 1.54) is 61.4 Å². The van der Waals surface area contributed by atoms with Crippen LogP contribution in [-0.2, 0) is 10.7 Å². The fourth-order valence-corrected chi connectivity index (χ4v) is 4.88. The first-order chi connectivity index (χ1) is 17.8. The molecule has 1 unspecified atom stereocenters. The van der Waals surface area contributed by atoms with Crippen molar-refractivity contribution >= 4 is 5.97 Å². The van der Waals surface area contributed by atoms with Gasteiger partial charge >= 0.3 is 5.97 Å². The maximum absolute atomic E-state index is 15.3. The number of carboxylic acid groups (broad SMARTS) is 1. The average molecular weight is 512 g/mol. The third-order valence-corrected chi connectivity index (χ3v) is 6.93. The van der Waals surface area contributed by atoms with Gasteiger partial charge in [-0.15, -0.1) is 0 Å². The number of benzene rings is 3. The first-order valence-corrected chi connectivity index (χ1v) is 12.8. The highest BCUT2D eigenvalue weighted by molar-refractivity contribution is 5.68. The second-order valence-electron chi connectivity index (χ2n) is 9.57. The zero-order valence-corrected chi connectivity index (χ0v) is 20.6. The van der Waals surface area contributed by atoms with Gasteiger partial charge in [0.2, 0.25) is 0 Å². The Labute approximate surface area is 215 Å². The van der Waals surface area contributed by atoms with Gasteiger partial charge in [-0.1, -0.05) is 49.2 Å². The smallest absolute Gasteiger partial charge is 0.317 e. The molecular formula is C30H32F3NO3. The fourth-order valence-electron chi connectivity index (χ4n) is 4.88. The van der Waals surface area contributed by atoms with E-state index in [1.807, 2.05) is 12.1 Å². The molecule has 1 aliphatic rings. The third kappa shape index (κ3) is 7.13. The van der Waals surface area contributed by atoms with E-state index in [4.69, 9.17) is 9.84 Å². The molecule has 0 amide bonds. The normalized spacial score (nSPS) is 15.0. The first-order valence-electron chi connectivity index (χ1n) is 12.8. The molecule has 1 saturated carbocycles. The van der Waals surface area contributed by atoms with Gasteiger partial charge in [-0.3, -0.25) is 4.79 Å². The topological polar surface area (TPSA) is 58.6 Å². The third-order valence-electron chi connectivity index (χ3n) is 6.93. The lowest BCUT2D eigenvalue weighted by Crippen LogP contribution is -2.24. The lowest BCUT2D eigenvalue weighted by atomic mass is 9.94. The maximum Gasteiger partial charge on any atom is 0.317 e. The van der Waals surface area contributed by atoms with Crippen LogP contribution in [0.1, 0.15) is 72.8 Å².